The van der Waals surface area contributed by atoms with Crippen LogP contribution in [0.2, 0.25) is 10.0 Å². The van der Waals surface area contributed by atoms with Crippen molar-refractivity contribution in [3.8, 4) is 0 Å². The molecule has 2 atom stereocenters. The second kappa shape index (κ2) is 11.0. The molecule has 1 fully saturated rings. The van der Waals surface area contributed by atoms with Gasteiger partial charge in [0.05, 0.1) is 28.3 Å². The normalized spacial score (nSPS) is 17.6. The van der Waals surface area contributed by atoms with Crippen LogP contribution in [-0.4, -0.2) is 54.3 Å². The van der Waals surface area contributed by atoms with Crippen LogP contribution in [0.15, 0.2) is 41.0 Å². The van der Waals surface area contributed by atoms with Crippen molar-refractivity contribution in [2.45, 2.75) is 32.7 Å². The molecule has 0 bridgehead atoms. The molecule has 1 aromatic carbocycles. The molecule has 1 saturated heterocycles. The number of halogens is 2. The Kier molecular flexibility index (Phi) is 8.41. The van der Waals surface area contributed by atoms with E-state index in [1.807, 2.05) is 12.1 Å². The summed E-state index contributed by atoms with van der Waals surface area (Å²) in [5.41, 5.74) is 0.481. The van der Waals surface area contributed by atoms with E-state index >= 15 is 0 Å². The van der Waals surface area contributed by atoms with Crippen LogP contribution >= 0.6 is 23.2 Å². The maximum absolute atomic E-state index is 12.9. The van der Waals surface area contributed by atoms with E-state index in [4.69, 9.17) is 27.6 Å². The minimum atomic E-state index is -0.241. The highest BCUT2D eigenvalue weighted by Crippen LogP contribution is 2.25. The smallest absolute Gasteiger partial charge is 0.253 e. The molecule has 2 heterocycles. The molecule has 0 aliphatic carbocycles. The van der Waals surface area contributed by atoms with E-state index in [0.717, 1.165) is 31.7 Å². The zero-order valence-electron chi connectivity index (χ0n) is 17.9. The van der Waals surface area contributed by atoms with E-state index in [2.05, 4.69) is 24.1 Å². The van der Waals surface area contributed by atoms with Crippen LogP contribution in [-0.2, 0) is 4.79 Å². The van der Waals surface area contributed by atoms with Crippen LogP contribution in [0.1, 0.15) is 48.8 Å². The molecule has 0 spiro atoms. The number of carbonyl (C=O) groups is 2. The Morgan fingerprint density at radius 1 is 1.23 bits per heavy atom. The van der Waals surface area contributed by atoms with Crippen molar-refractivity contribution in [3.05, 3.63) is 58.0 Å². The SMILES string of the molecule is CCN(CC)C(CNC(=O)C1CCCN(C(=O)c2ccc(Cl)c(Cl)c2)C1)c1ccco1. The molecule has 2 aromatic rings. The predicted molar refractivity (Wildman–Crippen MR) is 122 cm³/mol. The zero-order valence-corrected chi connectivity index (χ0v) is 19.5. The second-order valence-corrected chi connectivity index (χ2v) is 8.53. The first kappa shape index (κ1) is 23.6. The number of nitrogens with zero attached hydrogens (tertiary/aromatic N) is 2. The van der Waals surface area contributed by atoms with Gasteiger partial charge in [0, 0.05) is 25.2 Å². The number of likely N-dealkylation sites (tertiary alicyclic amines) is 1. The lowest BCUT2D eigenvalue weighted by Gasteiger charge is -2.33. The monoisotopic (exact) mass is 465 g/mol. The zero-order chi connectivity index (χ0) is 22.4. The highest BCUT2D eigenvalue weighted by Gasteiger charge is 2.30. The average Bonchev–Trinajstić information content (AvgIpc) is 3.32. The van der Waals surface area contributed by atoms with Crippen molar-refractivity contribution in [2.75, 3.05) is 32.7 Å². The van der Waals surface area contributed by atoms with Gasteiger partial charge in [-0.15, -0.1) is 0 Å². The van der Waals surface area contributed by atoms with Crippen molar-refractivity contribution in [1.82, 2.24) is 15.1 Å². The number of carbonyl (C=O) groups excluding carboxylic acids is 2. The van der Waals surface area contributed by atoms with E-state index in [0.29, 0.717) is 35.2 Å². The van der Waals surface area contributed by atoms with Crippen LogP contribution in [0.3, 0.4) is 0 Å². The maximum Gasteiger partial charge on any atom is 0.253 e. The summed E-state index contributed by atoms with van der Waals surface area (Å²) in [6.07, 6.45) is 3.19. The standard InChI is InChI=1S/C23H29Cl2N3O3/c1-3-27(4-2)20(21-8-6-12-31-21)14-26-22(29)17-7-5-11-28(15-17)23(30)16-9-10-18(24)19(25)13-16/h6,8-10,12-13,17,20H,3-5,7,11,14-15H2,1-2H3,(H,26,29). The first-order chi connectivity index (χ1) is 14.9. The van der Waals surface area contributed by atoms with Gasteiger partial charge in [-0.05, 0) is 56.3 Å². The molecule has 1 N–H and O–H groups in total. The molecule has 8 heteroatoms. The summed E-state index contributed by atoms with van der Waals surface area (Å²) < 4.78 is 5.61. The Labute approximate surface area is 193 Å². The lowest BCUT2D eigenvalue weighted by atomic mass is 9.96. The molecule has 0 radical (unpaired) electrons. The van der Waals surface area contributed by atoms with Crippen molar-refractivity contribution < 1.29 is 14.0 Å². The molecule has 1 aromatic heterocycles. The number of likely N-dealkylation sites (N-methyl/N-ethyl adjacent to an activating group) is 1. The summed E-state index contributed by atoms with van der Waals surface area (Å²) in [7, 11) is 0. The Morgan fingerprint density at radius 2 is 2.00 bits per heavy atom. The minimum absolute atomic E-state index is 0.0218. The van der Waals surface area contributed by atoms with Crippen LogP contribution in [0.25, 0.3) is 0 Å². The van der Waals surface area contributed by atoms with Gasteiger partial charge in [-0.1, -0.05) is 37.0 Å². The van der Waals surface area contributed by atoms with Gasteiger partial charge in [0.15, 0.2) is 0 Å². The molecule has 3 rings (SSSR count). The van der Waals surface area contributed by atoms with E-state index in [1.54, 1.807) is 29.4 Å². The third kappa shape index (κ3) is 5.82. The number of furan rings is 1. The summed E-state index contributed by atoms with van der Waals surface area (Å²) in [5, 5.41) is 3.85. The second-order valence-electron chi connectivity index (χ2n) is 7.72. The molecule has 1 aliphatic rings. The number of rotatable bonds is 8. The molecule has 31 heavy (non-hydrogen) atoms. The average molecular weight is 466 g/mol. The molecule has 2 amide bonds. The Morgan fingerprint density at radius 3 is 2.65 bits per heavy atom. The van der Waals surface area contributed by atoms with E-state index in [-0.39, 0.29) is 23.8 Å². The lowest BCUT2D eigenvalue weighted by Crippen LogP contribution is -2.47. The molecule has 0 saturated carbocycles. The summed E-state index contributed by atoms with van der Waals surface area (Å²) in [6.45, 7) is 7.37. The molecular weight excluding hydrogens is 437 g/mol. The highest BCUT2D eigenvalue weighted by molar-refractivity contribution is 6.42. The number of hydrogen-bond acceptors (Lipinski definition) is 4. The summed E-state index contributed by atoms with van der Waals surface area (Å²) in [4.78, 5) is 29.8. The number of nitrogens with one attached hydrogen (secondary N) is 1. The number of amides is 2. The molecule has 1 aliphatic heterocycles. The fourth-order valence-corrected chi connectivity index (χ4v) is 4.38. The number of piperidine rings is 1. The van der Waals surface area contributed by atoms with Crippen molar-refractivity contribution >= 4 is 35.0 Å². The topological polar surface area (TPSA) is 65.8 Å². The van der Waals surface area contributed by atoms with Gasteiger partial charge in [0.1, 0.15) is 5.76 Å². The number of benzene rings is 1. The molecule has 2 unspecified atom stereocenters. The molecular formula is C23H29Cl2N3O3. The summed E-state index contributed by atoms with van der Waals surface area (Å²) in [6, 6.07) is 8.64. The fourth-order valence-electron chi connectivity index (χ4n) is 4.08. The minimum Gasteiger partial charge on any atom is -0.468 e. The predicted octanol–water partition coefficient (Wildman–Crippen LogP) is 4.64. The van der Waals surface area contributed by atoms with Gasteiger partial charge in [-0.2, -0.15) is 0 Å². The van der Waals surface area contributed by atoms with E-state index in [1.165, 1.54) is 0 Å². The van der Waals surface area contributed by atoms with Gasteiger partial charge in [-0.3, -0.25) is 14.5 Å². The van der Waals surface area contributed by atoms with Crippen LogP contribution < -0.4 is 5.32 Å². The van der Waals surface area contributed by atoms with Crippen molar-refractivity contribution in [1.29, 1.82) is 0 Å². The van der Waals surface area contributed by atoms with Gasteiger partial charge in [0.2, 0.25) is 5.91 Å². The summed E-state index contributed by atoms with van der Waals surface area (Å²) >= 11 is 12.0. The van der Waals surface area contributed by atoms with E-state index in [9.17, 15) is 9.59 Å². The third-order valence-corrected chi connectivity index (χ3v) is 6.58. The highest BCUT2D eigenvalue weighted by atomic mass is 35.5. The Bertz CT molecular complexity index is 884. The van der Waals surface area contributed by atoms with Crippen LogP contribution in [0, 0.1) is 5.92 Å². The quantitative estimate of drug-likeness (QED) is 0.616. The largest absolute Gasteiger partial charge is 0.468 e. The van der Waals surface area contributed by atoms with Gasteiger partial charge < -0.3 is 14.6 Å². The van der Waals surface area contributed by atoms with Gasteiger partial charge in [-0.25, -0.2) is 0 Å². The molecule has 6 nitrogen and oxygen atoms in total. The van der Waals surface area contributed by atoms with Crippen LogP contribution in [0.4, 0.5) is 0 Å². The van der Waals surface area contributed by atoms with Crippen molar-refractivity contribution in [3.63, 3.8) is 0 Å². The fraction of sp³-hybridized carbons (Fsp3) is 0.478. The maximum atomic E-state index is 12.9. The van der Waals surface area contributed by atoms with Crippen molar-refractivity contribution in [2.24, 2.45) is 5.92 Å². The van der Waals surface area contributed by atoms with Gasteiger partial charge in [0.25, 0.3) is 5.91 Å². The first-order valence-corrected chi connectivity index (χ1v) is 11.5. The Hall–Kier alpha value is -2.02. The third-order valence-electron chi connectivity index (χ3n) is 5.84. The first-order valence-electron chi connectivity index (χ1n) is 10.7. The van der Waals surface area contributed by atoms with E-state index < -0.39 is 0 Å². The summed E-state index contributed by atoms with van der Waals surface area (Å²) in [5.74, 6) is 0.432. The Balaban J connectivity index is 1.62. The lowest BCUT2D eigenvalue weighted by molar-refractivity contribution is -0.126. The molecule has 168 valence electrons. The number of hydrogen-bond donors (Lipinski definition) is 1. The van der Waals surface area contributed by atoms with Gasteiger partial charge >= 0.3 is 0 Å². The van der Waals surface area contributed by atoms with Crippen LogP contribution in [0.5, 0.6) is 0 Å².